The van der Waals surface area contributed by atoms with Gasteiger partial charge in [-0.05, 0) is 53.4 Å². The van der Waals surface area contributed by atoms with Crippen molar-refractivity contribution in [2.45, 2.75) is 20.5 Å². The molecule has 0 fully saturated rings. The van der Waals surface area contributed by atoms with Gasteiger partial charge < -0.3 is 9.64 Å². The lowest BCUT2D eigenvalue weighted by molar-refractivity contribution is 0.294. The molecule has 0 atom stereocenters. The molecule has 0 amide bonds. The van der Waals surface area contributed by atoms with Crippen LogP contribution in [0.2, 0.25) is 0 Å². The van der Waals surface area contributed by atoms with E-state index < -0.39 is 0 Å². The summed E-state index contributed by atoms with van der Waals surface area (Å²) in [4.78, 5) is 12.0. The topological polar surface area (TPSA) is 50.6 Å². The molecule has 0 spiro atoms. The summed E-state index contributed by atoms with van der Waals surface area (Å²) in [5.41, 5.74) is 1.66. The van der Waals surface area contributed by atoms with Gasteiger partial charge in [-0.2, -0.15) is 0 Å². The molecule has 7 heteroatoms. The van der Waals surface area contributed by atoms with Gasteiger partial charge in [-0.3, -0.25) is 0 Å². The minimum Gasteiger partial charge on any atom is -0.471 e. The van der Waals surface area contributed by atoms with Crippen molar-refractivity contribution in [3.05, 3.63) is 33.4 Å². The van der Waals surface area contributed by atoms with Crippen LogP contribution < -0.4 is 4.74 Å². The minimum absolute atomic E-state index is 0.469. The van der Waals surface area contributed by atoms with E-state index in [2.05, 4.69) is 37.2 Å². The summed E-state index contributed by atoms with van der Waals surface area (Å²) in [5, 5.41) is 0. The summed E-state index contributed by atoms with van der Waals surface area (Å²) >= 11 is 4.90. The minimum atomic E-state index is 0.469. The van der Waals surface area contributed by atoms with E-state index in [4.69, 9.17) is 4.74 Å². The predicted molar refractivity (Wildman–Crippen MR) is 89.6 cm³/mol. The van der Waals surface area contributed by atoms with Crippen LogP contribution in [0.4, 0.5) is 5.69 Å². The molecule has 0 aromatic carbocycles. The van der Waals surface area contributed by atoms with Crippen molar-refractivity contribution >= 4 is 39.5 Å². The summed E-state index contributed by atoms with van der Waals surface area (Å²) in [6.07, 6.45) is 3.56. The van der Waals surface area contributed by atoms with Gasteiger partial charge >= 0.3 is 0 Å². The maximum atomic E-state index is 5.71. The van der Waals surface area contributed by atoms with E-state index in [0.717, 1.165) is 27.3 Å². The average Bonchev–Trinajstić information content (AvgIpc) is 2.99. The number of nitrogens with zero attached hydrogens (tertiary/aromatic N) is 4. The highest BCUT2D eigenvalue weighted by molar-refractivity contribution is 9.10. The molecule has 112 valence electrons. The maximum Gasteiger partial charge on any atom is 0.228 e. The zero-order valence-electron chi connectivity index (χ0n) is 12.2. The third-order valence-electron chi connectivity index (χ3n) is 2.84. The standard InChI is InChI=1S/C14H17BrN4OS/c1-4-19(3)9-16-13-7-12(15)14(18-10(13)2)20-8-11-5-6-17-21-11/h5-7,9H,4,8H2,1-3H3. The van der Waals surface area contributed by atoms with Gasteiger partial charge in [0, 0.05) is 19.8 Å². The molecule has 0 N–H and O–H groups in total. The van der Waals surface area contributed by atoms with Crippen LogP contribution in [0.3, 0.4) is 0 Å². The Labute approximate surface area is 137 Å². The Balaban J connectivity index is 2.11. The Hall–Kier alpha value is -1.47. The van der Waals surface area contributed by atoms with Crippen LogP contribution in [0.15, 0.2) is 27.8 Å². The molecular formula is C14H17BrN4OS. The monoisotopic (exact) mass is 368 g/mol. The zero-order valence-corrected chi connectivity index (χ0v) is 14.6. The van der Waals surface area contributed by atoms with Crippen molar-refractivity contribution < 1.29 is 4.74 Å². The molecule has 0 aliphatic heterocycles. The average molecular weight is 369 g/mol. The Morgan fingerprint density at radius 1 is 1.52 bits per heavy atom. The van der Waals surface area contributed by atoms with Gasteiger partial charge in [-0.1, -0.05) is 0 Å². The summed E-state index contributed by atoms with van der Waals surface area (Å²) in [7, 11) is 1.98. The van der Waals surface area contributed by atoms with E-state index in [1.165, 1.54) is 11.5 Å². The highest BCUT2D eigenvalue weighted by Gasteiger charge is 2.09. The molecule has 2 aromatic rings. The number of aliphatic imine (C=N–C) groups is 1. The fraction of sp³-hybridized carbons (Fsp3) is 0.357. The van der Waals surface area contributed by atoms with Crippen LogP contribution in [0.25, 0.3) is 0 Å². The first-order valence-electron chi connectivity index (χ1n) is 6.54. The molecule has 0 bridgehead atoms. The highest BCUT2D eigenvalue weighted by atomic mass is 79.9. The van der Waals surface area contributed by atoms with Crippen LogP contribution >= 0.6 is 27.5 Å². The van der Waals surface area contributed by atoms with Crippen LogP contribution in [-0.2, 0) is 6.61 Å². The molecule has 2 heterocycles. The summed E-state index contributed by atoms with van der Waals surface area (Å²) in [6, 6.07) is 3.86. The quantitative estimate of drug-likeness (QED) is 0.574. The lowest BCUT2D eigenvalue weighted by Crippen LogP contribution is -2.14. The van der Waals surface area contributed by atoms with Gasteiger partial charge in [0.05, 0.1) is 27.1 Å². The van der Waals surface area contributed by atoms with E-state index in [1.54, 1.807) is 12.5 Å². The van der Waals surface area contributed by atoms with Crippen LogP contribution in [0.5, 0.6) is 5.88 Å². The molecule has 0 aliphatic rings. The van der Waals surface area contributed by atoms with Crippen LogP contribution in [0, 0.1) is 6.92 Å². The largest absolute Gasteiger partial charge is 0.471 e. The van der Waals surface area contributed by atoms with Crippen molar-refractivity contribution in [3.63, 3.8) is 0 Å². The number of hydrogen-bond acceptors (Lipinski definition) is 5. The maximum absolute atomic E-state index is 5.71. The zero-order chi connectivity index (χ0) is 15.2. The first kappa shape index (κ1) is 15.9. The number of ether oxygens (including phenoxy) is 1. The number of pyridine rings is 1. The van der Waals surface area contributed by atoms with Crippen molar-refractivity contribution in [2.75, 3.05) is 13.6 Å². The Bertz CT molecular complexity index is 616. The number of aromatic nitrogens is 2. The number of aryl methyl sites for hydroxylation is 1. The number of halogens is 1. The van der Waals surface area contributed by atoms with E-state index >= 15 is 0 Å². The van der Waals surface area contributed by atoms with Crippen LogP contribution in [0.1, 0.15) is 17.5 Å². The van der Waals surface area contributed by atoms with Gasteiger partial charge in [0.2, 0.25) is 5.88 Å². The molecule has 2 rings (SSSR count). The van der Waals surface area contributed by atoms with E-state index in [-0.39, 0.29) is 0 Å². The molecule has 5 nitrogen and oxygen atoms in total. The number of rotatable bonds is 6. The van der Waals surface area contributed by atoms with Crippen molar-refractivity contribution in [2.24, 2.45) is 4.99 Å². The van der Waals surface area contributed by atoms with Gasteiger partial charge in [0.25, 0.3) is 0 Å². The molecule has 2 aromatic heterocycles. The second kappa shape index (κ2) is 7.51. The van der Waals surface area contributed by atoms with Crippen molar-refractivity contribution in [1.82, 2.24) is 14.3 Å². The van der Waals surface area contributed by atoms with Gasteiger partial charge in [0.15, 0.2) is 0 Å². The lowest BCUT2D eigenvalue weighted by Gasteiger charge is -2.10. The molecular weight excluding hydrogens is 352 g/mol. The molecule has 0 aliphatic carbocycles. The molecule has 21 heavy (non-hydrogen) atoms. The van der Waals surface area contributed by atoms with E-state index in [1.807, 2.05) is 31.0 Å². The third-order valence-corrected chi connectivity index (χ3v) is 4.13. The smallest absolute Gasteiger partial charge is 0.228 e. The van der Waals surface area contributed by atoms with Crippen LogP contribution in [-0.4, -0.2) is 34.2 Å². The molecule has 0 saturated heterocycles. The van der Waals surface area contributed by atoms with E-state index in [9.17, 15) is 0 Å². The summed E-state index contributed by atoms with van der Waals surface area (Å²) in [6.45, 7) is 5.37. The summed E-state index contributed by atoms with van der Waals surface area (Å²) < 4.78 is 10.6. The molecule has 0 unspecified atom stereocenters. The Morgan fingerprint density at radius 2 is 2.33 bits per heavy atom. The van der Waals surface area contributed by atoms with Crippen molar-refractivity contribution in [1.29, 1.82) is 0 Å². The Kier molecular flexibility index (Phi) is 5.69. The second-order valence-corrected chi connectivity index (χ2v) is 6.24. The predicted octanol–water partition coefficient (Wildman–Crippen LogP) is 3.80. The normalized spacial score (nSPS) is 11.0. The third kappa shape index (κ3) is 4.50. The first-order valence-corrected chi connectivity index (χ1v) is 8.10. The Morgan fingerprint density at radius 3 is 3.00 bits per heavy atom. The first-order chi connectivity index (χ1) is 10.1. The number of hydrogen-bond donors (Lipinski definition) is 0. The SMILES string of the molecule is CCN(C)C=Nc1cc(Br)c(OCc2ccns2)nc1C. The van der Waals surface area contributed by atoms with Gasteiger partial charge in [-0.15, -0.1) is 0 Å². The van der Waals surface area contributed by atoms with E-state index in [0.29, 0.717) is 12.5 Å². The molecule has 0 radical (unpaired) electrons. The van der Waals surface area contributed by atoms with Crippen molar-refractivity contribution in [3.8, 4) is 5.88 Å². The fourth-order valence-electron chi connectivity index (χ4n) is 1.48. The van der Waals surface area contributed by atoms with Gasteiger partial charge in [0.1, 0.15) is 6.61 Å². The highest BCUT2D eigenvalue weighted by Crippen LogP contribution is 2.30. The molecule has 0 saturated carbocycles. The fourth-order valence-corrected chi connectivity index (χ4v) is 2.39. The summed E-state index contributed by atoms with van der Waals surface area (Å²) in [5.74, 6) is 0.573. The van der Waals surface area contributed by atoms with Gasteiger partial charge in [-0.25, -0.2) is 14.3 Å². The second-order valence-electron chi connectivity index (χ2n) is 4.47. The lowest BCUT2D eigenvalue weighted by atomic mass is 10.3.